The number of carbonyl (C=O) groups excluding carboxylic acids is 1. The zero-order chi connectivity index (χ0) is 18.5. The Morgan fingerprint density at radius 3 is 2.54 bits per heavy atom. The highest BCUT2D eigenvalue weighted by atomic mass is 32.2. The van der Waals surface area contributed by atoms with Crippen LogP contribution in [-0.4, -0.2) is 21.7 Å². The van der Waals surface area contributed by atoms with E-state index < -0.39 is 0 Å². The van der Waals surface area contributed by atoms with Gasteiger partial charge in [0.1, 0.15) is 16.7 Å². The van der Waals surface area contributed by atoms with Crippen LogP contribution in [0.2, 0.25) is 0 Å². The predicted octanol–water partition coefficient (Wildman–Crippen LogP) is 5.21. The fourth-order valence-corrected chi connectivity index (χ4v) is 4.08. The first kappa shape index (κ1) is 18.4. The van der Waals surface area contributed by atoms with Crippen molar-refractivity contribution in [2.75, 3.05) is 6.61 Å². The van der Waals surface area contributed by atoms with Crippen LogP contribution in [0.15, 0.2) is 72.2 Å². The lowest BCUT2D eigenvalue weighted by Crippen LogP contribution is -2.30. The Bertz CT molecular complexity index is 844. The lowest BCUT2D eigenvalue weighted by molar-refractivity contribution is -0.123. The van der Waals surface area contributed by atoms with E-state index in [0.717, 1.165) is 16.9 Å². The molecule has 3 rings (SSSR count). The van der Waals surface area contributed by atoms with Gasteiger partial charge in [0.05, 0.1) is 10.9 Å². The van der Waals surface area contributed by atoms with E-state index in [1.54, 1.807) is 11.0 Å². The second-order valence-electron chi connectivity index (χ2n) is 5.81. The van der Waals surface area contributed by atoms with Crippen molar-refractivity contribution in [3.63, 3.8) is 0 Å². The van der Waals surface area contributed by atoms with Crippen LogP contribution in [0.4, 0.5) is 0 Å². The standard InChI is InChI=1S/C21H19NO2S2/c1-3-13-24-18-11-9-16(10-12-18)14-19-20(23)22(21(25)26-19)15(2)17-7-5-4-6-8-17/h3-12,14-15H,1,13H2,2H3. The molecule has 1 unspecified atom stereocenters. The molecule has 0 aromatic heterocycles. The van der Waals surface area contributed by atoms with Crippen molar-refractivity contribution in [2.24, 2.45) is 0 Å². The molecule has 26 heavy (non-hydrogen) atoms. The third-order valence-electron chi connectivity index (χ3n) is 4.04. The summed E-state index contributed by atoms with van der Waals surface area (Å²) in [6.07, 6.45) is 3.57. The van der Waals surface area contributed by atoms with E-state index in [0.29, 0.717) is 15.8 Å². The van der Waals surface area contributed by atoms with E-state index in [2.05, 4.69) is 6.58 Å². The molecule has 0 saturated carbocycles. The Balaban J connectivity index is 1.77. The summed E-state index contributed by atoms with van der Waals surface area (Å²) < 4.78 is 6.06. The van der Waals surface area contributed by atoms with Crippen molar-refractivity contribution < 1.29 is 9.53 Å². The first-order chi connectivity index (χ1) is 12.6. The highest BCUT2D eigenvalue weighted by Crippen LogP contribution is 2.38. The third kappa shape index (κ3) is 4.06. The van der Waals surface area contributed by atoms with Crippen LogP contribution >= 0.6 is 24.0 Å². The molecule has 1 aliphatic rings. The Hall–Kier alpha value is -2.37. The molecule has 2 aromatic rings. The van der Waals surface area contributed by atoms with Gasteiger partial charge in [0.15, 0.2) is 0 Å². The highest BCUT2D eigenvalue weighted by Gasteiger charge is 2.35. The highest BCUT2D eigenvalue weighted by molar-refractivity contribution is 8.26. The van der Waals surface area contributed by atoms with Gasteiger partial charge in [-0.05, 0) is 36.3 Å². The molecule has 1 saturated heterocycles. The minimum atomic E-state index is -0.0933. The van der Waals surface area contributed by atoms with E-state index in [1.807, 2.05) is 67.6 Å². The molecule has 0 radical (unpaired) electrons. The number of nitrogens with zero attached hydrogens (tertiary/aromatic N) is 1. The smallest absolute Gasteiger partial charge is 0.266 e. The maximum absolute atomic E-state index is 12.9. The quantitative estimate of drug-likeness (QED) is 0.390. The van der Waals surface area contributed by atoms with Crippen molar-refractivity contribution in [3.05, 3.63) is 83.3 Å². The average Bonchev–Trinajstić information content (AvgIpc) is 2.94. The van der Waals surface area contributed by atoms with Gasteiger partial charge in [0.25, 0.3) is 5.91 Å². The molecule has 2 aromatic carbocycles. The minimum absolute atomic E-state index is 0.0525. The Kier molecular flexibility index (Phi) is 5.91. The Morgan fingerprint density at radius 1 is 1.19 bits per heavy atom. The number of rotatable bonds is 6. The molecule has 0 N–H and O–H groups in total. The number of amides is 1. The summed E-state index contributed by atoms with van der Waals surface area (Å²) in [6.45, 7) is 6.09. The van der Waals surface area contributed by atoms with Gasteiger partial charge >= 0.3 is 0 Å². The van der Waals surface area contributed by atoms with E-state index in [9.17, 15) is 4.79 Å². The number of thioether (sulfide) groups is 1. The van der Waals surface area contributed by atoms with E-state index in [-0.39, 0.29) is 11.9 Å². The summed E-state index contributed by atoms with van der Waals surface area (Å²) in [6, 6.07) is 17.4. The van der Waals surface area contributed by atoms with Crippen LogP contribution in [-0.2, 0) is 4.79 Å². The molecule has 132 valence electrons. The number of hydrogen-bond acceptors (Lipinski definition) is 4. The van der Waals surface area contributed by atoms with E-state index in [1.165, 1.54) is 11.8 Å². The largest absolute Gasteiger partial charge is 0.490 e. The van der Waals surface area contributed by atoms with Gasteiger partial charge in [-0.1, -0.05) is 79.1 Å². The van der Waals surface area contributed by atoms with Gasteiger partial charge in [0, 0.05) is 0 Å². The van der Waals surface area contributed by atoms with Crippen molar-refractivity contribution >= 4 is 40.3 Å². The normalized spacial score (nSPS) is 16.8. The zero-order valence-corrected chi connectivity index (χ0v) is 16.1. The monoisotopic (exact) mass is 381 g/mol. The van der Waals surface area contributed by atoms with Crippen LogP contribution in [0.25, 0.3) is 6.08 Å². The summed E-state index contributed by atoms with van der Waals surface area (Å²) in [5.41, 5.74) is 2.00. The van der Waals surface area contributed by atoms with Crippen LogP contribution in [0, 0.1) is 0 Å². The average molecular weight is 382 g/mol. The molecule has 0 bridgehead atoms. The number of thiocarbonyl (C=S) groups is 1. The van der Waals surface area contributed by atoms with Gasteiger partial charge in [-0.15, -0.1) is 0 Å². The van der Waals surface area contributed by atoms with Gasteiger partial charge in [-0.3, -0.25) is 9.69 Å². The van der Waals surface area contributed by atoms with Crippen molar-refractivity contribution in [2.45, 2.75) is 13.0 Å². The topological polar surface area (TPSA) is 29.5 Å². The molecule has 1 heterocycles. The fraction of sp³-hybridized carbons (Fsp3) is 0.143. The second kappa shape index (κ2) is 8.34. The van der Waals surface area contributed by atoms with Crippen molar-refractivity contribution in [1.82, 2.24) is 4.90 Å². The summed E-state index contributed by atoms with van der Waals surface area (Å²) in [5.74, 6) is 0.718. The van der Waals surface area contributed by atoms with E-state index in [4.69, 9.17) is 17.0 Å². The molecule has 1 aliphatic heterocycles. The van der Waals surface area contributed by atoms with Crippen molar-refractivity contribution in [3.8, 4) is 5.75 Å². The van der Waals surface area contributed by atoms with Gasteiger partial charge < -0.3 is 4.74 Å². The molecule has 1 atom stereocenters. The molecule has 1 amide bonds. The maximum Gasteiger partial charge on any atom is 0.266 e. The molecule has 0 spiro atoms. The third-order valence-corrected chi connectivity index (χ3v) is 5.37. The van der Waals surface area contributed by atoms with Crippen LogP contribution in [0.5, 0.6) is 5.75 Å². The van der Waals surface area contributed by atoms with Crippen LogP contribution in [0.1, 0.15) is 24.1 Å². The van der Waals surface area contributed by atoms with Crippen LogP contribution < -0.4 is 4.74 Å². The molecular weight excluding hydrogens is 362 g/mol. The molecular formula is C21H19NO2S2. The summed E-state index contributed by atoms with van der Waals surface area (Å²) in [5, 5.41) is 0. The first-order valence-electron chi connectivity index (χ1n) is 8.26. The van der Waals surface area contributed by atoms with Gasteiger partial charge in [0.2, 0.25) is 0 Å². The summed E-state index contributed by atoms with van der Waals surface area (Å²) in [7, 11) is 0. The summed E-state index contributed by atoms with van der Waals surface area (Å²) in [4.78, 5) is 15.2. The Labute approximate surface area is 163 Å². The molecule has 1 fully saturated rings. The molecule has 0 aliphatic carbocycles. The summed E-state index contributed by atoms with van der Waals surface area (Å²) >= 11 is 6.80. The first-order valence-corrected chi connectivity index (χ1v) is 9.48. The SMILES string of the molecule is C=CCOc1ccc(C=C2SC(=S)N(C(C)c3ccccc3)C2=O)cc1. The van der Waals surface area contributed by atoms with Crippen LogP contribution in [0.3, 0.4) is 0 Å². The van der Waals surface area contributed by atoms with Gasteiger partial charge in [-0.25, -0.2) is 0 Å². The van der Waals surface area contributed by atoms with Gasteiger partial charge in [-0.2, -0.15) is 0 Å². The van der Waals surface area contributed by atoms with E-state index >= 15 is 0 Å². The maximum atomic E-state index is 12.9. The number of ether oxygens (including phenoxy) is 1. The lowest BCUT2D eigenvalue weighted by Gasteiger charge is -2.23. The number of benzene rings is 2. The number of carbonyl (C=O) groups is 1. The minimum Gasteiger partial charge on any atom is -0.490 e. The molecule has 3 nitrogen and oxygen atoms in total. The van der Waals surface area contributed by atoms with Crippen molar-refractivity contribution in [1.29, 1.82) is 0 Å². The number of hydrogen-bond donors (Lipinski definition) is 0. The second-order valence-corrected chi connectivity index (χ2v) is 7.48. The predicted molar refractivity (Wildman–Crippen MR) is 112 cm³/mol. The molecule has 5 heteroatoms. The zero-order valence-electron chi connectivity index (χ0n) is 14.4. The Morgan fingerprint density at radius 2 is 1.88 bits per heavy atom. The fourth-order valence-electron chi connectivity index (χ4n) is 2.66. The lowest BCUT2D eigenvalue weighted by atomic mass is 10.1.